The van der Waals surface area contributed by atoms with Gasteiger partial charge in [-0.05, 0) is 94.2 Å². The fourth-order valence-corrected chi connectivity index (χ4v) is 5.47. The van der Waals surface area contributed by atoms with Crippen LogP contribution in [0.3, 0.4) is 0 Å². The standard InChI is InChI=1S/C32H45NO6/c1-24-22-33(23-25(2)39-24)19-7-8-20-38-30-11-5-4-10-28(30)16-13-26(9-3-6-12-31(34)35)21-27-14-17-29(18-15-27)32(36)37/h4-5,10-11,14-15,17-18,24-26H,3,6-9,12-13,16,19-23H2,1-2H3,(H,34,35)(H,36,37). The van der Waals surface area contributed by atoms with Crippen molar-refractivity contribution in [3.8, 4) is 5.75 Å². The van der Waals surface area contributed by atoms with E-state index >= 15 is 0 Å². The van der Waals surface area contributed by atoms with Crippen LogP contribution in [0.15, 0.2) is 48.5 Å². The van der Waals surface area contributed by atoms with Crippen molar-refractivity contribution >= 4 is 11.9 Å². The summed E-state index contributed by atoms with van der Waals surface area (Å²) < 4.78 is 12.0. The van der Waals surface area contributed by atoms with Crippen LogP contribution in [-0.2, 0) is 22.4 Å². The predicted octanol–water partition coefficient (Wildman–Crippen LogP) is 6.09. The van der Waals surface area contributed by atoms with E-state index in [1.54, 1.807) is 12.1 Å². The molecule has 0 amide bonds. The van der Waals surface area contributed by atoms with E-state index in [2.05, 4.69) is 30.9 Å². The van der Waals surface area contributed by atoms with Crippen LogP contribution in [0.2, 0.25) is 0 Å². The zero-order valence-electron chi connectivity index (χ0n) is 23.5. The number of aliphatic carboxylic acids is 1. The second-order valence-corrected chi connectivity index (χ2v) is 10.9. The Morgan fingerprint density at radius 3 is 2.36 bits per heavy atom. The fourth-order valence-electron chi connectivity index (χ4n) is 5.47. The number of carboxylic acids is 2. The molecule has 3 unspecified atom stereocenters. The Balaban J connectivity index is 1.50. The molecule has 39 heavy (non-hydrogen) atoms. The van der Waals surface area contributed by atoms with E-state index in [1.165, 1.54) is 5.56 Å². The van der Waals surface area contributed by atoms with Crippen LogP contribution in [0.1, 0.15) is 80.3 Å². The molecule has 0 spiro atoms. The Hall–Kier alpha value is -2.90. The summed E-state index contributed by atoms with van der Waals surface area (Å²) in [4.78, 5) is 24.6. The number of ether oxygens (including phenoxy) is 2. The van der Waals surface area contributed by atoms with Gasteiger partial charge in [0.25, 0.3) is 0 Å². The van der Waals surface area contributed by atoms with Gasteiger partial charge in [-0.15, -0.1) is 0 Å². The van der Waals surface area contributed by atoms with E-state index in [4.69, 9.17) is 14.6 Å². The first-order valence-corrected chi connectivity index (χ1v) is 14.4. The summed E-state index contributed by atoms with van der Waals surface area (Å²) in [6, 6.07) is 15.3. The maximum atomic E-state index is 11.2. The highest BCUT2D eigenvalue weighted by atomic mass is 16.5. The fraction of sp³-hybridized carbons (Fsp3) is 0.562. The predicted molar refractivity (Wildman–Crippen MR) is 153 cm³/mol. The van der Waals surface area contributed by atoms with Gasteiger partial charge in [0.2, 0.25) is 0 Å². The van der Waals surface area contributed by atoms with E-state index in [9.17, 15) is 14.7 Å². The minimum Gasteiger partial charge on any atom is -0.493 e. The van der Waals surface area contributed by atoms with Crippen molar-refractivity contribution in [2.75, 3.05) is 26.2 Å². The summed E-state index contributed by atoms with van der Waals surface area (Å²) >= 11 is 0. The summed E-state index contributed by atoms with van der Waals surface area (Å²) in [5.74, 6) is -0.355. The third kappa shape index (κ3) is 11.4. The lowest BCUT2D eigenvalue weighted by molar-refractivity contribution is -0.137. The first-order chi connectivity index (χ1) is 18.8. The van der Waals surface area contributed by atoms with Gasteiger partial charge in [-0.1, -0.05) is 43.2 Å². The van der Waals surface area contributed by atoms with Crippen LogP contribution in [0.5, 0.6) is 5.75 Å². The van der Waals surface area contributed by atoms with Gasteiger partial charge in [0.15, 0.2) is 0 Å². The van der Waals surface area contributed by atoms with Crippen LogP contribution in [0.25, 0.3) is 0 Å². The molecule has 214 valence electrons. The van der Waals surface area contributed by atoms with Gasteiger partial charge in [-0.2, -0.15) is 0 Å². The number of hydrogen-bond donors (Lipinski definition) is 2. The molecule has 3 atom stereocenters. The van der Waals surface area contributed by atoms with Crippen molar-refractivity contribution in [1.29, 1.82) is 0 Å². The van der Waals surface area contributed by atoms with Gasteiger partial charge >= 0.3 is 11.9 Å². The first-order valence-electron chi connectivity index (χ1n) is 14.4. The number of aryl methyl sites for hydroxylation is 1. The quantitative estimate of drug-likeness (QED) is 0.235. The van der Waals surface area contributed by atoms with Crippen LogP contribution in [0, 0.1) is 5.92 Å². The van der Waals surface area contributed by atoms with Crippen LogP contribution in [-0.4, -0.2) is 65.5 Å². The van der Waals surface area contributed by atoms with Crippen molar-refractivity contribution in [1.82, 2.24) is 4.90 Å². The topological polar surface area (TPSA) is 96.3 Å². The average Bonchev–Trinajstić information content (AvgIpc) is 2.89. The molecule has 7 heteroatoms. The van der Waals surface area contributed by atoms with Crippen LogP contribution >= 0.6 is 0 Å². The number of carbonyl (C=O) groups is 2. The number of benzene rings is 2. The number of nitrogens with zero attached hydrogens (tertiary/aromatic N) is 1. The molecule has 3 rings (SSSR count). The number of morpholine rings is 1. The molecule has 2 N–H and O–H groups in total. The number of hydrogen-bond acceptors (Lipinski definition) is 5. The largest absolute Gasteiger partial charge is 0.493 e. The van der Waals surface area contributed by atoms with Crippen molar-refractivity contribution in [3.05, 3.63) is 65.2 Å². The van der Waals surface area contributed by atoms with Crippen molar-refractivity contribution < 1.29 is 29.3 Å². The average molecular weight is 540 g/mol. The molecule has 0 radical (unpaired) electrons. The Morgan fingerprint density at radius 2 is 1.67 bits per heavy atom. The molecule has 1 fully saturated rings. The Morgan fingerprint density at radius 1 is 0.949 bits per heavy atom. The third-order valence-corrected chi connectivity index (χ3v) is 7.39. The Labute approximate surface area is 233 Å². The maximum Gasteiger partial charge on any atom is 0.335 e. The smallest absolute Gasteiger partial charge is 0.335 e. The molecule has 7 nitrogen and oxygen atoms in total. The molecule has 2 aromatic rings. The molecule has 1 aliphatic heterocycles. The summed E-state index contributed by atoms with van der Waals surface area (Å²) in [6.45, 7) is 8.03. The van der Waals surface area contributed by atoms with Gasteiger partial charge in [-0.3, -0.25) is 9.69 Å². The van der Waals surface area contributed by atoms with Crippen molar-refractivity contribution in [2.24, 2.45) is 5.92 Å². The second-order valence-electron chi connectivity index (χ2n) is 10.9. The van der Waals surface area contributed by atoms with Gasteiger partial charge in [-0.25, -0.2) is 4.79 Å². The number of para-hydroxylation sites is 1. The normalized spacial score (nSPS) is 18.5. The summed E-state index contributed by atoms with van der Waals surface area (Å²) in [5, 5.41) is 18.2. The van der Waals surface area contributed by atoms with Crippen molar-refractivity contribution in [2.45, 2.75) is 83.8 Å². The molecule has 0 saturated carbocycles. The molecular formula is C32H45NO6. The minimum absolute atomic E-state index is 0.195. The lowest BCUT2D eigenvalue weighted by Gasteiger charge is -2.35. The molecule has 1 saturated heterocycles. The highest BCUT2D eigenvalue weighted by Gasteiger charge is 2.21. The molecular weight excluding hydrogens is 494 g/mol. The molecule has 0 bridgehead atoms. The maximum absolute atomic E-state index is 11.2. The molecule has 0 aliphatic carbocycles. The van der Waals surface area contributed by atoms with Crippen LogP contribution < -0.4 is 4.74 Å². The second kappa shape index (κ2) is 16.3. The molecule has 2 aromatic carbocycles. The molecule has 1 heterocycles. The monoisotopic (exact) mass is 539 g/mol. The molecule has 1 aliphatic rings. The highest BCUT2D eigenvalue weighted by molar-refractivity contribution is 5.87. The third-order valence-electron chi connectivity index (χ3n) is 7.39. The highest BCUT2D eigenvalue weighted by Crippen LogP contribution is 2.26. The SMILES string of the molecule is CC1CN(CCCCOc2ccccc2CCC(CCCCC(=O)O)Cc2ccc(C(=O)O)cc2)CC(C)O1. The van der Waals surface area contributed by atoms with E-state index < -0.39 is 11.9 Å². The van der Waals surface area contributed by atoms with Gasteiger partial charge < -0.3 is 19.7 Å². The number of aromatic carboxylic acids is 1. The first kappa shape index (κ1) is 30.6. The number of unbranched alkanes of at least 4 members (excludes halogenated alkanes) is 2. The summed E-state index contributed by atoms with van der Waals surface area (Å²) in [7, 11) is 0. The van der Waals surface area contributed by atoms with E-state index in [0.717, 1.165) is 75.9 Å². The van der Waals surface area contributed by atoms with E-state index in [-0.39, 0.29) is 12.0 Å². The number of rotatable bonds is 17. The van der Waals surface area contributed by atoms with Crippen molar-refractivity contribution in [3.63, 3.8) is 0 Å². The zero-order valence-corrected chi connectivity index (χ0v) is 23.5. The lowest BCUT2D eigenvalue weighted by atomic mass is 9.88. The van der Waals surface area contributed by atoms with Gasteiger partial charge in [0.05, 0.1) is 24.4 Å². The minimum atomic E-state index is -0.923. The zero-order chi connectivity index (χ0) is 28.0. The molecule has 0 aromatic heterocycles. The van der Waals surface area contributed by atoms with Crippen LogP contribution in [0.4, 0.5) is 0 Å². The Bertz CT molecular complexity index is 1010. The Kier molecular flexibility index (Phi) is 12.8. The van der Waals surface area contributed by atoms with Gasteiger partial charge in [0.1, 0.15) is 5.75 Å². The van der Waals surface area contributed by atoms with E-state index in [1.807, 2.05) is 24.3 Å². The lowest BCUT2D eigenvalue weighted by Crippen LogP contribution is -2.45. The summed E-state index contributed by atoms with van der Waals surface area (Å²) in [5.41, 5.74) is 2.60. The number of carboxylic acid groups (broad SMARTS) is 2. The van der Waals surface area contributed by atoms with Gasteiger partial charge in [0, 0.05) is 19.5 Å². The summed E-state index contributed by atoms with van der Waals surface area (Å²) in [6.07, 6.45) is 8.05. The van der Waals surface area contributed by atoms with E-state index in [0.29, 0.717) is 31.2 Å².